The molecule has 1 saturated carbocycles. The zero-order chi connectivity index (χ0) is 15.9. The van der Waals surface area contributed by atoms with E-state index in [1.54, 1.807) is 0 Å². The Balaban J connectivity index is 2.13. The number of rotatable bonds is 4. The first kappa shape index (κ1) is 17.2. The molecule has 2 unspecified atom stereocenters. The van der Waals surface area contributed by atoms with Crippen LogP contribution in [-0.4, -0.2) is 47.4 Å². The largest absolute Gasteiger partial charge is 0.396 e. The van der Waals surface area contributed by atoms with Crippen molar-refractivity contribution in [1.29, 1.82) is 0 Å². The Morgan fingerprint density at radius 2 is 1.57 bits per heavy atom. The second-order valence-electron chi connectivity index (χ2n) is 9.31. The minimum absolute atomic E-state index is 0.0700. The molecule has 0 radical (unpaired) electrons. The van der Waals surface area contributed by atoms with Gasteiger partial charge in [-0.1, -0.05) is 6.42 Å². The van der Waals surface area contributed by atoms with Crippen LogP contribution >= 0.6 is 0 Å². The van der Waals surface area contributed by atoms with Gasteiger partial charge in [-0.3, -0.25) is 4.90 Å². The molecule has 1 aliphatic carbocycles. The van der Waals surface area contributed by atoms with Crippen molar-refractivity contribution < 1.29 is 9.84 Å². The fourth-order valence-electron chi connectivity index (χ4n) is 4.37. The molecule has 0 aromatic carbocycles. The Morgan fingerprint density at radius 3 is 2.10 bits per heavy atom. The molecule has 2 fully saturated rings. The van der Waals surface area contributed by atoms with E-state index in [-0.39, 0.29) is 22.0 Å². The molecule has 0 amide bonds. The van der Waals surface area contributed by atoms with Crippen LogP contribution in [0.25, 0.3) is 0 Å². The molecule has 124 valence electrons. The molecule has 3 nitrogen and oxygen atoms in total. The van der Waals surface area contributed by atoms with Gasteiger partial charge in [0.1, 0.15) is 0 Å². The molecule has 0 aromatic rings. The van der Waals surface area contributed by atoms with Crippen LogP contribution < -0.4 is 0 Å². The van der Waals surface area contributed by atoms with Gasteiger partial charge in [-0.05, 0) is 66.2 Å². The van der Waals surface area contributed by atoms with Crippen molar-refractivity contribution in [2.45, 2.75) is 78.4 Å². The number of likely N-dealkylation sites (tertiary alicyclic amines) is 1. The number of fused-ring (bicyclic) bond motifs is 1. The Hall–Kier alpha value is -0.120. The fourth-order valence-corrected chi connectivity index (χ4v) is 4.37. The van der Waals surface area contributed by atoms with E-state index in [9.17, 15) is 5.11 Å². The Labute approximate surface area is 131 Å². The standard InChI is InChI=1S/C18H35NO2/c1-15(2,3)19-12-17(10-11-21-16(4,5)6)8-7-9-18(17,13-19)14-20/h20H,7-14H2,1-6H3. The van der Waals surface area contributed by atoms with Crippen molar-refractivity contribution in [3.8, 4) is 0 Å². The second-order valence-corrected chi connectivity index (χ2v) is 9.31. The third-order valence-corrected chi connectivity index (χ3v) is 5.79. The maximum Gasteiger partial charge on any atom is 0.0598 e. The molecule has 21 heavy (non-hydrogen) atoms. The normalized spacial score (nSPS) is 34.4. The minimum Gasteiger partial charge on any atom is -0.396 e. The number of aliphatic hydroxyl groups is 1. The van der Waals surface area contributed by atoms with E-state index in [1.165, 1.54) is 19.3 Å². The molecular formula is C18H35NO2. The second kappa shape index (κ2) is 5.50. The molecule has 1 saturated heterocycles. The summed E-state index contributed by atoms with van der Waals surface area (Å²) in [4.78, 5) is 2.58. The molecule has 1 N–H and O–H groups in total. The summed E-state index contributed by atoms with van der Waals surface area (Å²) in [6, 6.07) is 0. The summed E-state index contributed by atoms with van der Waals surface area (Å²) in [6.07, 6.45) is 4.75. The first-order valence-electron chi connectivity index (χ1n) is 8.54. The molecule has 3 heteroatoms. The number of nitrogens with zero attached hydrogens (tertiary/aromatic N) is 1. The highest BCUT2D eigenvalue weighted by Gasteiger charge is 2.60. The molecular weight excluding hydrogens is 262 g/mol. The quantitative estimate of drug-likeness (QED) is 0.862. The van der Waals surface area contributed by atoms with Crippen LogP contribution in [0.15, 0.2) is 0 Å². The minimum atomic E-state index is -0.0700. The maximum absolute atomic E-state index is 10.2. The van der Waals surface area contributed by atoms with E-state index in [4.69, 9.17) is 4.74 Å². The van der Waals surface area contributed by atoms with Crippen LogP contribution in [0.5, 0.6) is 0 Å². The highest BCUT2D eigenvalue weighted by Crippen LogP contribution is 2.60. The van der Waals surface area contributed by atoms with E-state index >= 15 is 0 Å². The lowest BCUT2D eigenvalue weighted by molar-refractivity contribution is -0.0367. The summed E-state index contributed by atoms with van der Waals surface area (Å²) < 4.78 is 6.00. The molecule has 0 bridgehead atoms. The average Bonchev–Trinajstić information content (AvgIpc) is 2.78. The predicted molar refractivity (Wildman–Crippen MR) is 87.5 cm³/mol. The zero-order valence-electron chi connectivity index (χ0n) is 15.0. The van der Waals surface area contributed by atoms with E-state index in [2.05, 4.69) is 46.4 Å². The van der Waals surface area contributed by atoms with E-state index in [0.717, 1.165) is 26.1 Å². The Bertz CT molecular complexity index is 368. The van der Waals surface area contributed by atoms with Gasteiger partial charge in [0, 0.05) is 30.7 Å². The number of ether oxygens (including phenoxy) is 1. The van der Waals surface area contributed by atoms with E-state index in [0.29, 0.717) is 6.61 Å². The predicted octanol–water partition coefficient (Wildman–Crippen LogP) is 3.45. The Kier molecular flexibility index (Phi) is 4.52. The monoisotopic (exact) mass is 297 g/mol. The first-order chi connectivity index (χ1) is 9.54. The molecule has 0 aromatic heterocycles. The molecule has 0 spiro atoms. The van der Waals surface area contributed by atoms with E-state index in [1.807, 2.05) is 0 Å². The van der Waals surface area contributed by atoms with Crippen LogP contribution in [-0.2, 0) is 4.74 Å². The molecule has 1 heterocycles. The highest BCUT2D eigenvalue weighted by molar-refractivity contribution is 5.11. The summed E-state index contributed by atoms with van der Waals surface area (Å²) in [5, 5.41) is 10.2. The lowest BCUT2D eigenvalue weighted by atomic mass is 9.67. The SMILES string of the molecule is CC(C)(C)OCCC12CCCC1(CO)CN(C(C)(C)C)C2. The van der Waals surface area contributed by atoms with Gasteiger partial charge in [0.2, 0.25) is 0 Å². The van der Waals surface area contributed by atoms with Crippen LogP contribution in [0.2, 0.25) is 0 Å². The zero-order valence-corrected chi connectivity index (χ0v) is 15.0. The molecule has 2 aliphatic rings. The van der Waals surface area contributed by atoms with Gasteiger partial charge >= 0.3 is 0 Å². The van der Waals surface area contributed by atoms with Crippen LogP contribution in [0.1, 0.15) is 67.2 Å². The van der Waals surface area contributed by atoms with Gasteiger partial charge in [0.05, 0.1) is 12.2 Å². The van der Waals surface area contributed by atoms with Gasteiger partial charge in [-0.15, -0.1) is 0 Å². The lowest BCUT2D eigenvalue weighted by Gasteiger charge is -2.39. The highest BCUT2D eigenvalue weighted by atomic mass is 16.5. The summed E-state index contributed by atoms with van der Waals surface area (Å²) >= 11 is 0. The fraction of sp³-hybridized carbons (Fsp3) is 1.00. The molecule has 2 rings (SSSR count). The summed E-state index contributed by atoms with van der Waals surface area (Å²) in [6.45, 7) is 16.5. The maximum atomic E-state index is 10.2. The summed E-state index contributed by atoms with van der Waals surface area (Å²) in [7, 11) is 0. The number of hydrogen-bond acceptors (Lipinski definition) is 3. The van der Waals surface area contributed by atoms with Gasteiger partial charge in [-0.25, -0.2) is 0 Å². The van der Waals surface area contributed by atoms with Gasteiger partial charge < -0.3 is 9.84 Å². The van der Waals surface area contributed by atoms with Crippen LogP contribution in [0.4, 0.5) is 0 Å². The lowest BCUT2D eigenvalue weighted by Crippen LogP contribution is -2.41. The van der Waals surface area contributed by atoms with Crippen molar-refractivity contribution >= 4 is 0 Å². The van der Waals surface area contributed by atoms with Gasteiger partial charge in [0.15, 0.2) is 0 Å². The molecule has 2 atom stereocenters. The summed E-state index contributed by atoms with van der Waals surface area (Å²) in [5.74, 6) is 0. The third kappa shape index (κ3) is 3.30. The van der Waals surface area contributed by atoms with Crippen LogP contribution in [0, 0.1) is 10.8 Å². The first-order valence-corrected chi connectivity index (χ1v) is 8.54. The average molecular weight is 297 g/mol. The van der Waals surface area contributed by atoms with Gasteiger partial charge in [0.25, 0.3) is 0 Å². The number of aliphatic hydroxyl groups excluding tert-OH is 1. The van der Waals surface area contributed by atoms with Gasteiger partial charge in [-0.2, -0.15) is 0 Å². The molecule has 1 aliphatic heterocycles. The van der Waals surface area contributed by atoms with Crippen LogP contribution in [0.3, 0.4) is 0 Å². The topological polar surface area (TPSA) is 32.7 Å². The summed E-state index contributed by atoms with van der Waals surface area (Å²) in [5.41, 5.74) is 0.464. The van der Waals surface area contributed by atoms with Crippen molar-refractivity contribution in [2.24, 2.45) is 10.8 Å². The third-order valence-electron chi connectivity index (χ3n) is 5.79. The number of hydrogen-bond donors (Lipinski definition) is 1. The van der Waals surface area contributed by atoms with E-state index < -0.39 is 0 Å². The van der Waals surface area contributed by atoms with Crippen molar-refractivity contribution in [2.75, 3.05) is 26.3 Å². The van der Waals surface area contributed by atoms with Crippen molar-refractivity contribution in [3.05, 3.63) is 0 Å². The smallest absolute Gasteiger partial charge is 0.0598 e. The Morgan fingerprint density at radius 1 is 1.00 bits per heavy atom. The van der Waals surface area contributed by atoms with Crippen molar-refractivity contribution in [1.82, 2.24) is 4.90 Å². The van der Waals surface area contributed by atoms with Crippen molar-refractivity contribution in [3.63, 3.8) is 0 Å².